The highest BCUT2D eigenvalue weighted by Gasteiger charge is 2.33. The summed E-state index contributed by atoms with van der Waals surface area (Å²) in [5.41, 5.74) is 1.70. The summed E-state index contributed by atoms with van der Waals surface area (Å²) in [4.78, 5) is 29.6. The van der Waals surface area contributed by atoms with Crippen LogP contribution in [-0.2, 0) is 11.2 Å². The molecule has 2 aromatic rings. The number of benzene rings is 1. The van der Waals surface area contributed by atoms with Crippen LogP contribution in [0.5, 0.6) is 5.75 Å². The van der Waals surface area contributed by atoms with Gasteiger partial charge in [-0.2, -0.15) is 0 Å². The molecule has 1 aliphatic carbocycles. The van der Waals surface area contributed by atoms with Crippen LogP contribution in [0.4, 0.5) is 4.79 Å². The average Bonchev–Trinajstić information content (AvgIpc) is 3.09. The molecule has 1 fully saturated rings. The Morgan fingerprint density at radius 2 is 1.97 bits per heavy atom. The highest BCUT2D eigenvalue weighted by molar-refractivity contribution is 5.91. The van der Waals surface area contributed by atoms with Crippen LogP contribution in [0, 0.1) is 0 Å². The maximum atomic E-state index is 12.6. The molecule has 1 heterocycles. The van der Waals surface area contributed by atoms with Crippen LogP contribution in [-0.4, -0.2) is 54.6 Å². The minimum atomic E-state index is -0.493. The van der Waals surface area contributed by atoms with E-state index in [1.807, 2.05) is 38.5 Å². The van der Waals surface area contributed by atoms with Gasteiger partial charge in [0.05, 0.1) is 5.54 Å². The van der Waals surface area contributed by atoms with Gasteiger partial charge in [0.1, 0.15) is 5.75 Å². The number of carbonyl (C=O) groups is 2. The summed E-state index contributed by atoms with van der Waals surface area (Å²) in [5, 5.41) is 6.88. The van der Waals surface area contributed by atoms with Crippen molar-refractivity contribution >= 4 is 22.9 Å². The number of aromatic amines is 1. The van der Waals surface area contributed by atoms with Gasteiger partial charge in [-0.1, -0.05) is 25.3 Å². The van der Waals surface area contributed by atoms with E-state index >= 15 is 0 Å². The molecule has 1 aliphatic rings. The van der Waals surface area contributed by atoms with Gasteiger partial charge in [0.15, 0.2) is 0 Å². The van der Waals surface area contributed by atoms with Crippen LogP contribution < -0.4 is 15.4 Å². The molecule has 1 saturated carbocycles. The molecule has 0 radical (unpaired) electrons. The van der Waals surface area contributed by atoms with Gasteiger partial charge in [0.25, 0.3) is 0 Å². The zero-order chi connectivity index (χ0) is 20.9. The molecule has 3 rings (SSSR count). The van der Waals surface area contributed by atoms with Crippen LogP contribution in [0.2, 0.25) is 0 Å². The van der Waals surface area contributed by atoms with Crippen molar-refractivity contribution in [3.63, 3.8) is 0 Å². The Kier molecular flexibility index (Phi) is 6.79. The van der Waals surface area contributed by atoms with Crippen molar-refractivity contribution in [2.24, 2.45) is 0 Å². The Labute approximate surface area is 172 Å². The Bertz CT molecular complexity index is 853. The van der Waals surface area contributed by atoms with Crippen molar-refractivity contribution in [3.8, 4) is 5.75 Å². The average molecular weight is 401 g/mol. The quantitative estimate of drug-likeness (QED) is 0.666. The number of nitrogens with one attached hydrogen (secondary N) is 3. The van der Waals surface area contributed by atoms with E-state index in [1.54, 1.807) is 0 Å². The number of hydrogen-bond donors (Lipinski definition) is 3. The van der Waals surface area contributed by atoms with E-state index in [2.05, 4.69) is 20.5 Å². The number of ether oxygens (including phenoxy) is 1. The molecular weight excluding hydrogens is 368 g/mol. The summed E-state index contributed by atoms with van der Waals surface area (Å²) in [6.45, 7) is 2.81. The molecule has 0 saturated heterocycles. The molecule has 29 heavy (non-hydrogen) atoms. The number of nitrogens with zero attached hydrogens (tertiary/aromatic N) is 1. The Balaban J connectivity index is 1.69. The first-order valence-electron chi connectivity index (χ1n) is 10.4. The maximum absolute atomic E-state index is 12.6. The van der Waals surface area contributed by atoms with Gasteiger partial charge in [-0.25, -0.2) is 4.79 Å². The summed E-state index contributed by atoms with van der Waals surface area (Å²) in [7, 11) is 4.08. The van der Waals surface area contributed by atoms with Crippen molar-refractivity contribution in [3.05, 3.63) is 30.0 Å². The number of H-pyrrole nitrogens is 1. The van der Waals surface area contributed by atoms with E-state index in [9.17, 15) is 9.59 Å². The van der Waals surface area contributed by atoms with Gasteiger partial charge in [0, 0.05) is 37.1 Å². The second kappa shape index (κ2) is 9.31. The van der Waals surface area contributed by atoms with Gasteiger partial charge in [0.2, 0.25) is 5.91 Å². The predicted molar refractivity (Wildman–Crippen MR) is 114 cm³/mol. The first kappa shape index (κ1) is 21.2. The molecule has 3 N–H and O–H groups in total. The van der Waals surface area contributed by atoms with E-state index in [1.165, 1.54) is 6.92 Å². The first-order chi connectivity index (χ1) is 13.9. The van der Waals surface area contributed by atoms with Crippen molar-refractivity contribution in [2.75, 3.05) is 27.2 Å². The van der Waals surface area contributed by atoms with Crippen molar-refractivity contribution < 1.29 is 14.3 Å². The number of hydrogen-bond acceptors (Lipinski definition) is 4. The fraction of sp³-hybridized carbons (Fsp3) is 0.545. The number of aromatic nitrogens is 1. The molecule has 1 aromatic heterocycles. The van der Waals surface area contributed by atoms with E-state index in [0.717, 1.165) is 61.5 Å². The molecule has 0 aliphatic heterocycles. The van der Waals surface area contributed by atoms with Crippen molar-refractivity contribution in [1.82, 2.24) is 20.5 Å². The topological polar surface area (TPSA) is 86.5 Å². The second-order valence-electron chi connectivity index (χ2n) is 8.31. The Hall–Kier alpha value is -2.54. The zero-order valence-electron chi connectivity index (χ0n) is 17.6. The SMILES string of the molecule is CC(=O)NC1(CNC(=O)Oc2cccc3[nH]cc(CCN(C)C)c23)CCCCC1. The van der Waals surface area contributed by atoms with Gasteiger partial charge < -0.3 is 25.3 Å². The number of carbonyl (C=O) groups excluding carboxylic acids is 2. The van der Waals surface area contributed by atoms with Gasteiger partial charge in [-0.3, -0.25) is 4.79 Å². The number of fused-ring (bicyclic) bond motifs is 1. The van der Waals surface area contributed by atoms with Gasteiger partial charge in [-0.05, 0) is 51.1 Å². The Morgan fingerprint density at radius 3 is 2.66 bits per heavy atom. The lowest BCUT2D eigenvalue weighted by Gasteiger charge is -2.37. The van der Waals surface area contributed by atoms with Crippen LogP contribution in [0.25, 0.3) is 10.9 Å². The summed E-state index contributed by atoms with van der Waals surface area (Å²) >= 11 is 0. The van der Waals surface area contributed by atoms with E-state index in [4.69, 9.17) is 4.74 Å². The van der Waals surface area contributed by atoms with Crippen LogP contribution in [0.3, 0.4) is 0 Å². The second-order valence-corrected chi connectivity index (χ2v) is 8.31. The first-order valence-corrected chi connectivity index (χ1v) is 10.4. The van der Waals surface area contributed by atoms with Crippen molar-refractivity contribution in [2.45, 2.75) is 51.0 Å². The lowest BCUT2D eigenvalue weighted by atomic mass is 9.81. The van der Waals surface area contributed by atoms with Crippen molar-refractivity contribution in [1.29, 1.82) is 0 Å². The third kappa shape index (κ3) is 5.50. The maximum Gasteiger partial charge on any atom is 0.412 e. The normalized spacial score (nSPS) is 16.0. The third-order valence-electron chi connectivity index (χ3n) is 5.60. The van der Waals surface area contributed by atoms with Gasteiger partial charge >= 0.3 is 6.09 Å². The molecule has 7 nitrogen and oxygen atoms in total. The molecule has 0 unspecified atom stereocenters. The molecule has 0 spiro atoms. The summed E-state index contributed by atoms with van der Waals surface area (Å²) in [6, 6.07) is 5.67. The smallest absolute Gasteiger partial charge is 0.410 e. The van der Waals surface area contributed by atoms with E-state index in [0.29, 0.717) is 12.3 Å². The van der Waals surface area contributed by atoms with Crippen LogP contribution >= 0.6 is 0 Å². The molecule has 1 aromatic carbocycles. The summed E-state index contributed by atoms with van der Waals surface area (Å²) in [6.07, 6.45) is 7.35. The fourth-order valence-electron chi connectivity index (χ4n) is 4.17. The molecule has 0 atom stereocenters. The predicted octanol–water partition coefficient (Wildman–Crippen LogP) is 3.20. The lowest BCUT2D eigenvalue weighted by Crippen LogP contribution is -2.56. The summed E-state index contributed by atoms with van der Waals surface area (Å²) in [5.74, 6) is 0.483. The molecule has 7 heteroatoms. The number of likely N-dealkylation sites (N-methyl/N-ethyl adjacent to an activating group) is 1. The fourth-order valence-corrected chi connectivity index (χ4v) is 4.17. The Morgan fingerprint density at radius 1 is 1.21 bits per heavy atom. The molecular formula is C22H32N4O3. The highest BCUT2D eigenvalue weighted by atomic mass is 16.6. The minimum absolute atomic E-state index is 0.0651. The summed E-state index contributed by atoms with van der Waals surface area (Å²) < 4.78 is 5.68. The van der Waals surface area contributed by atoms with Crippen LogP contribution in [0.15, 0.2) is 24.4 Å². The minimum Gasteiger partial charge on any atom is -0.410 e. The molecule has 0 bridgehead atoms. The number of amides is 2. The zero-order valence-corrected chi connectivity index (χ0v) is 17.6. The number of rotatable bonds is 7. The monoisotopic (exact) mass is 400 g/mol. The standard InChI is InChI=1S/C22H32N4O3/c1-16(27)25-22(11-5-4-6-12-22)15-24-21(28)29-19-9-7-8-18-20(19)17(14-23-18)10-13-26(2)3/h7-9,14,23H,4-6,10-13,15H2,1-3H3,(H,24,28)(H,25,27). The largest absolute Gasteiger partial charge is 0.412 e. The van der Waals surface area contributed by atoms with Crippen LogP contribution in [0.1, 0.15) is 44.6 Å². The lowest BCUT2D eigenvalue weighted by molar-refractivity contribution is -0.121. The van der Waals surface area contributed by atoms with E-state index < -0.39 is 6.09 Å². The van der Waals surface area contributed by atoms with E-state index in [-0.39, 0.29) is 11.4 Å². The highest BCUT2D eigenvalue weighted by Crippen LogP contribution is 2.30. The molecule has 2 amide bonds. The third-order valence-corrected chi connectivity index (χ3v) is 5.60. The van der Waals surface area contributed by atoms with Gasteiger partial charge in [-0.15, -0.1) is 0 Å². The molecule has 158 valence electrons.